The Kier molecular flexibility index (Phi) is 5.12. The van der Waals surface area contributed by atoms with Crippen LogP contribution in [0, 0.1) is 5.82 Å². The lowest BCUT2D eigenvalue weighted by molar-refractivity contribution is 0.299. The van der Waals surface area contributed by atoms with Crippen LogP contribution in [0.2, 0.25) is 0 Å². The van der Waals surface area contributed by atoms with Crippen LogP contribution in [0.5, 0.6) is 0 Å². The maximum Gasteiger partial charge on any atom is 0.153 e. The summed E-state index contributed by atoms with van der Waals surface area (Å²) in [4.78, 5) is 2.02. The van der Waals surface area contributed by atoms with Gasteiger partial charge in [-0.2, -0.15) is 0 Å². The van der Waals surface area contributed by atoms with Crippen molar-refractivity contribution in [1.29, 1.82) is 0 Å². The highest BCUT2D eigenvalue weighted by Gasteiger charge is 2.24. The SMILES string of the molecule is CN(CCC1CS(=O)(=O)CCN1)Cc1ccccc1F. The van der Waals surface area contributed by atoms with Crippen molar-refractivity contribution in [3.8, 4) is 0 Å². The number of rotatable bonds is 5. The lowest BCUT2D eigenvalue weighted by atomic mass is 10.2. The van der Waals surface area contributed by atoms with E-state index in [-0.39, 0.29) is 23.4 Å². The van der Waals surface area contributed by atoms with Gasteiger partial charge in [0.05, 0.1) is 11.5 Å². The molecule has 6 heteroatoms. The summed E-state index contributed by atoms with van der Waals surface area (Å²) in [6.45, 7) is 1.80. The third-order valence-electron chi connectivity index (χ3n) is 3.56. The van der Waals surface area contributed by atoms with Gasteiger partial charge in [-0.25, -0.2) is 12.8 Å². The van der Waals surface area contributed by atoms with Gasteiger partial charge in [0.2, 0.25) is 0 Å². The van der Waals surface area contributed by atoms with Crippen LogP contribution >= 0.6 is 0 Å². The molecule has 0 aliphatic carbocycles. The fourth-order valence-electron chi connectivity index (χ4n) is 2.43. The van der Waals surface area contributed by atoms with Crippen molar-refractivity contribution >= 4 is 9.84 Å². The smallest absolute Gasteiger partial charge is 0.153 e. The predicted octanol–water partition coefficient (Wildman–Crippen LogP) is 1.03. The molecule has 1 N–H and O–H groups in total. The number of benzene rings is 1. The van der Waals surface area contributed by atoms with Crippen LogP contribution in [0.4, 0.5) is 4.39 Å². The van der Waals surface area contributed by atoms with Crippen LogP contribution in [-0.4, -0.2) is 51.0 Å². The monoisotopic (exact) mass is 300 g/mol. The molecule has 1 heterocycles. The second-order valence-corrected chi connectivity index (χ2v) is 7.61. The van der Waals surface area contributed by atoms with Crippen molar-refractivity contribution in [1.82, 2.24) is 10.2 Å². The maximum absolute atomic E-state index is 13.5. The fourth-order valence-corrected chi connectivity index (χ4v) is 3.92. The van der Waals surface area contributed by atoms with Gasteiger partial charge in [-0.1, -0.05) is 18.2 Å². The van der Waals surface area contributed by atoms with Crippen molar-refractivity contribution in [3.63, 3.8) is 0 Å². The quantitative estimate of drug-likeness (QED) is 0.882. The number of hydrogen-bond donors (Lipinski definition) is 1. The highest BCUT2D eigenvalue weighted by molar-refractivity contribution is 7.91. The summed E-state index contributed by atoms with van der Waals surface area (Å²) in [7, 11) is -0.966. The van der Waals surface area contributed by atoms with Crippen molar-refractivity contribution in [2.45, 2.75) is 19.0 Å². The molecule has 0 aromatic heterocycles. The van der Waals surface area contributed by atoms with E-state index in [2.05, 4.69) is 5.32 Å². The topological polar surface area (TPSA) is 49.4 Å². The van der Waals surface area contributed by atoms with Crippen molar-refractivity contribution < 1.29 is 12.8 Å². The maximum atomic E-state index is 13.5. The number of hydrogen-bond acceptors (Lipinski definition) is 4. The molecule has 1 fully saturated rings. The zero-order valence-electron chi connectivity index (χ0n) is 11.7. The molecule has 4 nitrogen and oxygen atoms in total. The van der Waals surface area contributed by atoms with E-state index in [9.17, 15) is 12.8 Å². The Hall–Kier alpha value is -0.980. The number of sulfone groups is 1. The van der Waals surface area contributed by atoms with E-state index in [4.69, 9.17) is 0 Å². The van der Waals surface area contributed by atoms with E-state index in [0.717, 1.165) is 13.0 Å². The molecule has 0 bridgehead atoms. The third-order valence-corrected chi connectivity index (χ3v) is 5.29. The van der Waals surface area contributed by atoms with Crippen LogP contribution < -0.4 is 5.32 Å². The van der Waals surface area contributed by atoms with Gasteiger partial charge >= 0.3 is 0 Å². The molecule has 1 aromatic carbocycles. The van der Waals surface area contributed by atoms with Gasteiger partial charge in [-0.3, -0.25) is 0 Å². The first-order chi connectivity index (χ1) is 9.46. The van der Waals surface area contributed by atoms with E-state index >= 15 is 0 Å². The van der Waals surface area contributed by atoms with Crippen LogP contribution in [-0.2, 0) is 16.4 Å². The lowest BCUT2D eigenvalue weighted by Gasteiger charge is -2.26. The van der Waals surface area contributed by atoms with Gasteiger partial charge in [0.1, 0.15) is 5.82 Å². The van der Waals surface area contributed by atoms with Gasteiger partial charge in [0, 0.05) is 24.7 Å². The van der Waals surface area contributed by atoms with Crippen molar-refractivity contribution in [2.75, 3.05) is 31.6 Å². The minimum atomic E-state index is -2.89. The van der Waals surface area contributed by atoms with E-state index in [1.54, 1.807) is 12.1 Å². The van der Waals surface area contributed by atoms with E-state index in [0.29, 0.717) is 18.7 Å². The Balaban J connectivity index is 1.81. The normalized spacial score (nSPS) is 22.1. The Morgan fingerprint density at radius 2 is 2.15 bits per heavy atom. The van der Waals surface area contributed by atoms with Gasteiger partial charge < -0.3 is 10.2 Å². The summed E-state index contributed by atoms with van der Waals surface area (Å²) in [5.41, 5.74) is 0.666. The lowest BCUT2D eigenvalue weighted by Crippen LogP contribution is -2.46. The number of nitrogens with one attached hydrogen (secondary N) is 1. The predicted molar refractivity (Wildman–Crippen MR) is 77.8 cm³/mol. The van der Waals surface area contributed by atoms with E-state index in [1.807, 2.05) is 18.0 Å². The molecule has 1 saturated heterocycles. The van der Waals surface area contributed by atoms with Gasteiger partial charge in [0.15, 0.2) is 9.84 Å². The zero-order valence-corrected chi connectivity index (χ0v) is 12.5. The summed E-state index contributed by atoms with van der Waals surface area (Å²) in [5.74, 6) is 0.243. The molecule has 0 radical (unpaired) electrons. The molecule has 1 aromatic rings. The average Bonchev–Trinajstić information content (AvgIpc) is 2.38. The van der Waals surface area contributed by atoms with Crippen molar-refractivity contribution in [3.05, 3.63) is 35.6 Å². The van der Waals surface area contributed by atoms with Crippen LogP contribution in [0.1, 0.15) is 12.0 Å². The second kappa shape index (κ2) is 6.65. The molecular weight excluding hydrogens is 279 g/mol. The Morgan fingerprint density at radius 1 is 1.40 bits per heavy atom. The third kappa shape index (κ3) is 4.54. The van der Waals surface area contributed by atoms with E-state index in [1.165, 1.54) is 6.07 Å². The van der Waals surface area contributed by atoms with Crippen molar-refractivity contribution in [2.24, 2.45) is 0 Å². The standard InChI is InChI=1S/C14H21FN2O2S/c1-17(10-12-4-2-3-5-14(12)15)8-6-13-11-20(18,19)9-7-16-13/h2-5,13,16H,6-11H2,1H3. The van der Waals surface area contributed by atoms with Gasteiger partial charge in [0.25, 0.3) is 0 Å². The highest BCUT2D eigenvalue weighted by atomic mass is 32.2. The molecule has 1 unspecified atom stereocenters. The minimum absolute atomic E-state index is 0.0109. The molecule has 0 saturated carbocycles. The van der Waals surface area contributed by atoms with Crippen LogP contribution in [0.25, 0.3) is 0 Å². The Bertz CT molecular complexity index is 548. The molecule has 1 aliphatic heterocycles. The first kappa shape index (κ1) is 15.4. The van der Waals surface area contributed by atoms with Gasteiger partial charge in [-0.15, -0.1) is 0 Å². The van der Waals surface area contributed by atoms with E-state index < -0.39 is 9.84 Å². The molecule has 1 aliphatic rings. The molecule has 2 rings (SSSR count). The van der Waals surface area contributed by atoms with Gasteiger partial charge in [-0.05, 0) is 26.1 Å². The van der Waals surface area contributed by atoms with Crippen LogP contribution in [0.15, 0.2) is 24.3 Å². The highest BCUT2D eigenvalue weighted by Crippen LogP contribution is 2.10. The molecule has 0 spiro atoms. The number of halogens is 1. The molecule has 112 valence electrons. The molecular formula is C14H21FN2O2S. The largest absolute Gasteiger partial charge is 0.312 e. The number of nitrogens with zero attached hydrogens (tertiary/aromatic N) is 1. The Labute approximate surface area is 119 Å². The fraction of sp³-hybridized carbons (Fsp3) is 0.571. The van der Waals surface area contributed by atoms with Crippen LogP contribution in [0.3, 0.4) is 0 Å². The first-order valence-corrected chi connectivity index (χ1v) is 8.64. The summed E-state index contributed by atoms with van der Waals surface area (Å²) >= 11 is 0. The summed E-state index contributed by atoms with van der Waals surface area (Å²) in [6.07, 6.45) is 0.754. The summed E-state index contributed by atoms with van der Waals surface area (Å²) < 4.78 is 36.6. The molecule has 1 atom stereocenters. The zero-order chi connectivity index (χ0) is 14.6. The first-order valence-electron chi connectivity index (χ1n) is 6.82. The molecule has 0 amide bonds. The Morgan fingerprint density at radius 3 is 2.85 bits per heavy atom. The molecule has 20 heavy (non-hydrogen) atoms. The summed E-state index contributed by atoms with van der Waals surface area (Å²) in [5, 5.41) is 3.23. The average molecular weight is 300 g/mol. The summed E-state index contributed by atoms with van der Waals surface area (Å²) in [6, 6.07) is 6.74. The minimum Gasteiger partial charge on any atom is -0.312 e. The second-order valence-electron chi connectivity index (χ2n) is 5.38.